The van der Waals surface area contributed by atoms with Crippen molar-refractivity contribution >= 4 is 16.7 Å². The second-order valence-electron chi connectivity index (χ2n) is 7.99. The monoisotopic (exact) mass is 462 g/mol. The number of carbonyl (C=O) groups is 1. The molecule has 0 aromatic heterocycles. The largest absolute Gasteiger partial charge is 0.496 e. The van der Waals surface area contributed by atoms with Crippen LogP contribution in [-0.2, 0) is 0 Å². The molecule has 4 aromatic rings. The number of nitrogens with zero attached hydrogens (tertiary/aromatic N) is 1. The van der Waals surface area contributed by atoms with Gasteiger partial charge in [-0.1, -0.05) is 66.7 Å². The van der Waals surface area contributed by atoms with Gasteiger partial charge < -0.3 is 14.2 Å². The summed E-state index contributed by atoms with van der Waals surface area (Å²) in [6.45, 7) is 0. The predicted octanol–water partition coefficient (Wildman–Crippen LogP) is 5.55. The summed E-state index contributed by atoms with van der Waals surface area (Å²) in [5, 5.41) is 15.0. The highest BCUT2D eigenvalue weighted by Crippen LogP contribution is 2.47. The lowest BCUT2D eigenvalue weighted by Gasteiger charge is -2.30. The fourth-order valence-corrected chi connectivity index (χ4v) is 4.48. The van der Waals surface area contributed by atoms with Crippen molar-refractivity contribution in [3.63, 3.8) is 0 Å². The number of para-hydroxylation sites is 2. The highest BCUT2D eigenvalue weighted by Gasteiger charge is 2.35. The number of hydrogen-bond acceptors (Lipinski definition) is 5. The minimum atomic E-state index is -0.502. The number of fused-ring (bicyclic) bond motifs is 3. The molecular formula is C29H22N2O4. The molecule has 6 heteroatoms. The number of nitriles is 1. The van der Waals surface area contributed by atoms with Gasteiger partial charge in [0, 0.05) is 16.5 Å². The molecule has 0 fully saturated rings. The van der Waals surface area contributed by atoms with Crippen molar-refractivity contribution in [3.05, 3.63) is 113 Å². The van der Waals surface area contributed by atoms with Crippen molar-refractivity contribution in [1.82, 2.24) is 5.32 Å². The van der Waals surface area contributed by atoms with Crippen molar-refractivity contribution < 1.29 is 19.0 Å². The number of hydrogen-bond donors (Lipinski definition) is 1. The first kappa shape index (κ1) is 22.1. The second kappa shape index (κ2) is 9.24. The molecule has 5 rings (SSSR count). The fourth-order valence-electron chi connectivity index (χ4n) is 4.48. The van der Waals surface area contributed by atoms with Crippen LogP contribution in [0, 0.1) is 11.3 Å². The van der Waals surface area contributed by atoms with E-state index in [-0.39, 0.29) is 11.5 Å². The molecule has 0 unspecified atom stereocenters. The van der Waals surface area contributed by atoms with Gasteiger partial charge in [0.1, 0.15) is 28.9 Å². The van der Waals surface area contributed by atoms with Crippen molar-refractivity contribution in [2.45, 2.75) is 5.92 Å². The maximum atomic E-state index is 13.3. The fraction of sp³-hybridized carbons (Fsp3) is 0.103. The van der Waals surface area contributed by atoms with Crippen LogP contribution in [0.1, 0.15) is 27.4 Å². The molecule has 172 valence electrons. The summed E-state index contributed by atoms with van der Waals surface area (Å²) in [6.07, 6.45) is 0. The van der Waals surface area contributed by atoms with E-state index in [4.69, 9.17) is 14.2 Å². The van der Waals surface area contributed by atoms with Crippen LogP contribution in [0.15, 0.2) is 96.4 Å². The number of methoxy groups -OCH3 is 2. The Bertz CT molecular complexity index is 1520. The lowest BCUT2D eigenvalue weighted by molar-refractivity contribution is 0.0945. The van der Waals surface area contributed by atoms with Crippen LogP contribution in [0.4, 0.5) is 0 Å². The van der Waals surface area contributed by atoms with E-state index < -0.39 is 11.8 Å². The molecule has 1 atom stereocenters. The molecule has 0 bridgehead atoms. The lowest BCUT2D eigenvalue weighted by atomic mass is 9.82. The van der Waals surface area contributed by atoms with E-state index in [0.29, 0.717) is 22.8 Å². The van der Waals surface area contributed by atoms with Crippen LogP contribution in [0.25, 0.3) is 10.8 Å². The third-order valence-electron chi connectivity index (χ3n) is 6.11. The number of carbonyl (C=O) groups excluding carboxylic acids is 1. The molecular weight excluding hydrogens is 440 g/mol. The van der Waals surface area contributed by atoms with E-state index >= 15 is 0 Å². The van der Waals surface area contributed by atoms with Crippen LogP contribution in [-0.4, -0.2) is 20.1 Å². The molecule has 0 aliphatic carbocycles. The van der Waals surface area contributed by atoms with Gasteiger partial charge >= 0.3 is 0 Å². The average Bonchev–Trinajstić information content (AvgIpc) is 2.92. The van der Waals surface area contributed by atoms with Gasteiger partial charge in [0.05, 0.1) is 25.7 Å². The van der Waals surface area contributed by atoms with Gasteiger partial charge in [0.15, 0.2) is 0 Å². The van der Waals surface area contributed by atoms with Crippen LogP contribution >= 0.6 is 0 Å². The van der Waals surface area contributed by atoms with E-state index in [0.717, 1.165) is 21.9 Å². The Kier molecular flexibility index (Phi) is 5.82. The third-order valence-corrected chi connectivity index (χ3v) is 6.11. The number of allylic oxidation sites excluding steroid dienone is 1. The van der Waals surface area contributed by atoms with Gasteiger partial charge in [-0.3, -0.25) is 10.1 Å². The molecule has 35 heavy (non-hydrogen) atoms. The predicted molar refractivity (Wildman–Crippen MR) is 133 cm³/mol. The molecule has 1 heterocycles. The molecule has 1 amide bonds. The second-order valence-corrected chi connectivity index (χ2v) is 7.99. The molecule has 1 N–H and O–H groups in total. The normalized spacial score (nSPS) is 14.5. The Morgan fingerprint density at radius 3 is 2.31 bits per heavy atom. The van der Waals surface area contributed by atoms with Crippen LogP contribution in [0.3, 0.4) is 0 Å². The van der Waals surface area contributed by atoms with Gasteiger partial charge in [-0.25, -0.2) is 0 Å². The third kappa shape index (κ3) is 3.83. The highest BCUT2D eigenvalue weighted by molar-refractivity contribution is 5.98. The summed E-state index contributed by atoms with van der Waals surface area (Å²) < 4.78 is 17.3. The van der Waals surface area contributed by atoms with Crippen LogP contribution < -0.4 is 19.5 Å². The molecule has 6 nitrogen and oxygen atoms in total. The summed E-state index contributed by atoms with van der Waals surface area (Å²) in [7, 11) is 3.10. The van der Waals surface area contributed by atoms with Crippen molar-refractivity contribution in [2.24, 2.45) is 0 Å². The van der Waals surface area contributed by atoms with Gasteiger partial charge in [-0.2, -0.15) is 5.26 Å². The summed E-state index contributed by atoms with van der Waals surface area (Å²) >= 11 is 0. The quantitative estimate of drug-likeness (QED) is 0.421. The van der Waals surface area contributed by atoms with E-state index in [1.165, 1.54) is 7.11 Å². The van der Waals surface area contributed by atoms with E-state index in [1.807, 2.05) is 60.7 Å². The maximum absolute atomic E-state index is 13.3. The van der Waals surface area contributed by atoms with Crippen LogP contribution in [0.2, 0.25) is 0 Å². The minimum absolute atomic E-state index is 0.0863. The summed E-state index contributed by atoms with van der Waals surface area (Å²) in [4.78, 5) is 13.3. The molecule has 0 saturated heterocycles. The van der Waals surface area contributed by atoms with Crippen molar-refractivity contribution in [1.29, 1.82) is 5.26 Å². The van der Waals surface area contributed by atoms with E-state index in [1.54, 1.807) is 31.4 Å². The lowest BCUT2D eigenvalue weighted by Crippen LogP contribution is -2.31. The Balaban J connectivity index is 1.71. The smallest absolute Gasteiger partial charge is 0.261 e. The van der Waals surface area contributed by atoms with E-state index in [2.05, 4.69) is 11.4 Å². The average molecular weight is 463 g/mol. The number of ether oxygens (including phenoxy) is 3. The van der Waals surface area contributed by atoms with Gasteiger partial charge in [-0.15, -0.1) is 0 Å². The summed E-state index contributed by atoms with van der Waals surface area (Å²) in [5.74, 6) is 0.801. The number of amides is 1. The highest BCUT2D eigenvalue weighted by atomic mass is 16.5. The van der Waals surface area contributed by atoms with Crippen molar-refractivity contribution in [2.75, 3.05) is 14.2 Å². The molecule has 0 saturated carbocycles. The number of benzene rings is 4. The summed E-state index contributed by atoms with van der Waals surface area (Å²) in [6, 6.07) is 28.5. The topological polar surface area (TPSA) is 80.6 Å². The first-order chi connectivity index (χ1) is 17.2. The van der Waals surface area contributed by atoms with Crippen LogP contribution in [0.5, 0.6) is 17.2 Å². The number of rotatable bonds is 5. The first-order valence-electron chi connectivity index (χ1n) is 11.1. The van der Waals surface area contributed by atoms with Gasteiger partial charge in [0.2, 0.25) is 5.88 Å². The number of nitrogens with one attached hydrogen (secondary N) is 1. The minimum Gasteiger partial charge on any atom is -0.496 e. The van der Waals surface area contributed by atoms with Crippen molar-refractivity contribution in [3.8, 4) is 23.3 Å². The Labute approximate surface area is 203 Å². The zero-order chi connectivity index (χ0) is 24.4. The Morgan fingerprint density at radius 1 is 0.857 bits per heavy atom. The maximum Gasteiger partial charge on any atom is 0.261 e. The zero-order valence-electron chi connectivity index (χ0n) is 19.2. The Morgan fingerprint density at radius 2 is 1.54 bits per heavy atom. The van der Waals surface area contributed by atoms with Gasteiger partial charge in [0.25, 0.3) is 5.91 Å². The molecule has 0 radical (unpaired) electrons. The SMILES string of the molecule is COc1ccccc1C(=O)NC1=C(C#N)[C@@H](c2ccccc2OC)c2ccc3ccccc3c2O1. The zero-order valence-corrected chi connectivity index (χ0v) is 19.2. The van der Waals surface area contributed by atoms with E-state index in [9.17, 15) is 10.1 Å². The molecule has 4 aromatic carbocycles. The molecule has 1 aliphatic heterocycles. The standard InChI is InChI=1S/C29H22N2O4/c1-33-24-13-7-5-11-20(24)26-22-16-15-18-9-3-4-10-19(18)27(22)35-29(23(26)17-30)31-28(32)21-12-6-8-14-25(21)34-2/h3-16,26H,1-2H3,(H,31,32)/t26-/m0/s1. The Hall–Kier alpha value is -4.76. The van der Waals surface area contributed by atoms with Gasteiger partial charge in [-0.05, 0) is 23.6 Å². The first-order valence-corrected chi connectivity index (χ1v) is 11.1. The molecule has 1 aliphatic rings. The molecule has 0 spiro atoms. The summed E-state index contributed by atoms with van der Waals surface area (Å²) in [5.41, 5.74) is 2.23.